The van der Waals surface area contributed by atoms with Crippen molar-refractivity contribution in [3.63, 3.8) is 0 Å². The van der Waals surface area contributed by atoms with Crippen LogP contribution in [0.4, 0.5) is 45.5 Å². The van der Waals surface area contributed by atoms with Crippen LogP contribution in [0.1, 0.15) is 43.4 Å². The average molecular weight is 654 g/mol. The van der Waals surface area contributed by atoms with Crippen molar-refractivity contribution in [1.82, 2.24) is 0 Å². The van der Waals surface area contributed by atoms with E-state index in [2.05, 4.69) is 180 Å². The van der Waals surface area contributed by atoms with Gasteiger partial charge in [-0.25, -0.2) is 0 Å². The molecule has 1 saturated carbocycles. The van der Waals surface area contributed by atoms with Crippen LogP contribution in [0.15, 0.2) is 152 Å². The largest absolute Gasteiger partial charge is 0.327 e. The van der Waals surface area contributed by atoms with Crippen molar-refractivity contribution >= 4 is 45.5 Å². The molecular formula is C48H35N3. The fourth-order valence-corrected chi connectivity index (χ4v) is 10.0. The van der Waals surface area contributed by atoms with Gasteiger partial charge in [-0.3, -0.25) is 0 Å². The Labute approximate surface area is 298 Å². The minimum absolute atomic E-state index is 0.0555. The first-order chi connectivity index (χ1) is 25.0. The van der Waals surface area contributed by atoms with Crippen LogP contribution in [-0.4, -0.2) is 0 Å². The molecule has 0 amide bonds. The third kappa shape index (κ3) is 3.39. The minimum atomic E-state index is -0.0747. The molecule has 3 heteroatoms. The van der Waals surface area contributed by atoms with E-state index in [-0.39, 0.29) is 11.0 Å². The quantitative estimate of drug-likeness (QED) is 0.184. The summed E-state index contributed by atoms with van der Waals surface area (Å²) in [6.07, 6.45) is 2.28. The molecule has 0 radical (unpaired) electrons. The molecule has 3 aliphatic heterocycles. The standard InChI is InChI=1S/C48H35N3/c1-47(2)37-16-7-6-14-33(37)34-24-23-32(29-39(34)47)49-40-17-8-9-18-41(40)50-42-19-10-15-35-36-28-31(30-12-4-3-5-13-30)22-25-38(36)48(26-27-48)51(45(35)42)44-21-11-20-43(49)46(44)50/h3-25,28-29H,26-27H2,1-2H3. The lowest BCUT2D eigenvalue weighted by atomic mass is 9.81. The predicted octanol–water partition coefficient (Wildman–Crippen LogP) is 13.0. The Morgan fingerprint density at radius 3 is 1.88 bits per heavy atom. The Hall–Kier alpha value is -6.06. The van der Waals surface area contributed by atoms with Gasteiger partial charge in [0.1, 0.15) is 0 Å². The molecule has 1 fully saturated rings. The Balaban J connectivity index is 1.09. The van der Waals surface area contributed by atoms with Crippen LogP contribution >= 0.6 is 0 Å². The third-order valence-electron chi connectivity index (χ3n) is 12.4. The monoisotopic (exact) mass is 653 g/mol. The summed E-state index contributed by atoms with van der Waals surface area (Å²) < 4.78 is 0. The maximum absolute atomic E-state index is 2.73. The lowest BCUT2D eigenvalue weighted by molar-refractivity contribution is 0.660. The molecule has 242 valence electrons. The Kier molecular flexibility index (Phi) is 5.10. The van der Waals surface area contributed by atoms with Crippen molar-refractivity contribution in [2.24, 2.45) is 0 Å². The van der Waals surface area contributed by atoms with E-state index in [0.29, 0.717) is 0 Å². The smallest absolute Gasteiger partial charge is 0.0944 e. The number of hydrogen-bond acceptors (Lipinski definition) is 3. The van der Waals surface area contributed by atoms with Gasteiger partial charge in [-0.15, -0.1) is 0 Å². The van der Waals surface area contributed by atoms with Gasteiger partial charge in [0.05, 0.1) is 45.4 Å². The SMILES string of the molecule is CC1(C)c2ccccc2-c2ccc(N3c4ccccc4N4c5cccc6c5N(c5cccc3c54)C3(CC3)c3ccc(-c4ccccc4)cc3-6)cc21. The first-order valence-electron chi connectivity index (χ1n) is 18.2. The highest BCUT2D eigenvalue weighted by Gasteiger charge is 2.57. The first-order valence-corrected chi connectivity index (χ1v) is 18.2. The highest BCUT2D eigenvalue weighted by molar-refractivity contribution is 6.14. The number of benzene rings is 7. The van der Waals surface area contributed by atoms with Gasteiger partial charge in [0, 0.05) is 16.7 Å². The zero-order valence-corrected chi connectivity index (χ0v) is 28.7. The summed E-state index contributed by atoms with van der Waals surface area (Å²) in [5.41, 5.74) is 22.0. The molecule has 0 unspecified atom stereocenters. The van der Waals surface area contributed by atoms with Gasteiger partial charge in [0.25, 0.3) is 0 Å². The van der Waals surface area contributed by atoms with Crippen LogP contribution < -0.4 is 14.7 Å². The zero-order valence-electron chi connectivity index (χ0n) is 28.7. The number of para-hydroxylation sites is 4. The molecule has 51 heavy (non-hydrogen) atoms. The minimum Gasteiger partial charge on any atom is -0.327 e. The van der Waals surface area contributed by atoms with E-state index in [1.807, 2.05) is 0 Å². The number of nitrogens with zero attached hydrogens (tertiary/aromatic N) is 3. The lowest BCUT2D eigenvalue weighted by Crippen LogP contribution is -2.40. The van der Waals surface area contributed by atoms with Crippen LogP contribution in [0.5, 0.6) is 0 Å². The topological polar surface area (TPSA) is 9.72 Å². The van der Waals surface area contributed by atoms with Gasteiger partial charge in [0.15, 0.2) is 0 Å². The van der Waals surface area contributed by atoms with Crippen LogP contribution in [0, 0.1) is 0 Å². The first kappa shape index (κ1) is 27.7. The highest BCUT2D eigenvalue weighted by atomic mass is 15.4. The fraction of sp³-hybridized carbons (Fsp3) is 0.125. The van der Waals surface area contributed by atoms with E-state index in [0.717, 1.165) is 12.8 Å². The molecule has 0 N–H and O–H groups in total. The summed E-state index contributed by atoms with van der Waals surface area (Å²) in [6, 6.07) is 57.0. The summed E-state index contributed by atoms with van der Waals surface area (Å²) in [5, 5.41) is 0. The Bertz CT molecular complexity index is 2650. The van der Waals surface area contributed by atoms with Crippen molar-refractivity contribution in [1.29, 1.82) is 0 Å². The van der Waals surface area contributed by atoms with E-state index in [1.165, 1.54) is 95.6 Å². The molecule has 1 spiro atoms. The second kappa shape index (κ2) is 9.38. The van der Waals surface area contributed by atoms with E-state index in [4.69, 9.17) is 0 Å². The molecule has 0 bridgehead atoms. The highest BCUT2D eigenvalue weighted by Crippen LogP contribution is 2.71. The molecular weight excluding hydrogens is 619 g/mol. The Morgan fingerprint density at radius 2 is 1.06 bits per heavy atom. The van der Waals surface area contributed by atoms with Crippen molar-refractivity contribution in [3.05, 3.63) is 168 Å². The molecule has 0 atom stereocenters. The van der Waals surface area contributed by atoms with E-state index >= 15 is 0 Å². The molecule has 2 aliphatic carbocycles. The van der Waals surface area contributed by atoms with Crippen molar-refractivity contribution in [3.8, 4) is 33.4 Å². The van der Waals surface area contributed by atoms with Crippen LogP contribution in [-0.2, 0) is 11.0 Å². The second-order valence-electron chi connectivity index (χ2n) is 15.4. The predicted molar refractivity (Wildman–Crippen MR) is 211 cm³/mol. The molecule has 5 aliphatic rings. The molecule has 7 aromatic rings. The summed E-state index contributed by atoms with van der Waals surface area (Å²) in [7, 11) is 0. The van der Waals surface area contributed by atoms with Gasteiger partial charge in [-0.1, -0.05) is 117 Å². The number of hydrogen-bond donors (Lipinski definition) is 0. The third-order valence-corrected chi connectivity index (χ3v) is 12.4. The van der Waals surface area contributed by atoms with E-state index in [9.17, 15) is 0 Å². The van der Waals surface area contributed by atoms with Gasteiger partial charge < -0.3 is 14.7 Å². The number of anilines is 8. The summed E-state index contributed by atoms with van der Waals surface area (Å²) in [5.74, 6) is 0. The van der Waals surface area contributed by atoms with E-state index in [1.54, 1.807) is 0 Å². The van der Waals surface area contributed by atoms with Crippen molar-refractivity contribution in [2.75, 3.05) is 14.7 Å². The molecule has 7 aromatic carbocycles. The second-order valence-corrected chi connectivity index (χ2v) is 15.4. The normalized spacial score (nSPS) is 16.9. The van der Waals surface area contributed by atoms with E-state index < -0.39 is 0 Å². The van der Waals surface area contributed by atoms with Crippen LogP contribution in [0.3, 0.4) is 0 Å². The molecule has 0 aromatic heterocycles. The summed E-state index contributed by atoms with van der Waals surface area (Å²) in [6.45, 7) is 4.75. The zero-order chi connectivity index (χ0) is 33.6. The van der Waals surface area contributed by atoms with Gasteiger partial charge in [-0.2, -0.15) is 0 Å². The maximum Gasteiger partial charge on any atom is 0.0944 e. The van der Waals surface area contributed by atoms with Crippen molar-refractivity contribution < 1.29 is 0 Å². The van der Waals surface area contributed by atoms with Gasteiger partial charge in [-0.05, 0) is 106 Å². The summed E-state index contributed by atoms with van der Waals surface area (Å²) in [4.78, 5) is 7.80. The van der Waals surface area contributed by atoms with Crippen LogP contribution in [0.2, 0.25) is 0 Å². The number of fused-ring (bicyclic) bond motifs is 11. The van der Waals surface area contributed by atoms with Gasteiger partial charge >= 0.3 is 0 Å². The average Bonchev–Trinajstić information content (AvgIpc) is 3.94. The number of rotatable bonds is 2. The van der Waals surface area contributed by atoms with Crippen LogP contribution in [0.25, 0.3) is 33.4 Å². The summed E-state index contributed by atoms with van der Waals surface area (Å²) >= 11 is 0. The molecule has 12 rings (SSSR count). The lowest BCUT2D eigenvalue weighted by Gasteiger charge is -2.51. The maximum atomic E-state index is 2.73. The van der Waals surface area contributed by atoms with Crippen molar-refractivity contribution in [2.45, 2.75) is 37.6 Å². The molecule has 3 nitrogen and oxygen atoms in total. The molecule has 0 saturated heterocycles. The van der Waals surface area contributed by atoms with Gasteiger partial charge in [0.2, 0.25) is 0 Å². The fourth-order valence-electron chi connectivity index (χ4n) is 10.0. The Morgan fingerprint density at radius 1 is 0.412 bits per heavy atom. The molecule has 3 heterocycles.